The Balaban J connectivity index is 1.81. The van der Waals surface area contributed by atoms with Crippen LogP contribution in [0.4, 0.5) is 11.4 Å². The van der Waals surface area contributed by atoms with Crippen LogP contribution in [0, 0.1) is 23.0 Å². The summed E-state index contributed by atoms with van der Waals surface area (Å²) in [6, 6.07) is 2.66. The summed E-state index contributed by atoms with van der Waals surface area (Å²) in [4.78, 5) is 62.9. The van der Waals surface area contributed by atoms with Gasteiger partial charge in [0.1, 0.15) is 6.04 Å². The molecule has 37 heavy (non-hydrogen) atoms. The van der Waals surface area contributed by atoms with Gasteiger partial charge in [-0.1, -0.05) is 66.3 Å². The summed E-state index contributed by atoms with van der Waals surface area (Å²) >= 11 is 24.4. The molecule has 0 spiro atoms. The lowest BCUT2D eigenvalue weighted by molar-refractivity contribution is -0.385. The molecule has 1 aliphatic rings. The molecule has 3 amide bonds. The standard InChI is InChI=1S/C23H19Cl4N3O7/c1-9(2)6-13(29-21(32)15-16(22(29)33)18(25)20(27)19(26)17(15)24)23(34)37-8-14(31)28-11-5-4-10(3)12(7-11)30(35)36/h4-5,7,9,13H,6,8H2,1-3H3,(H,28,31)/t13-/m1/s1. The van der Waals surface area contributed by atoms with Gasteiger partial charge >= 0.3 is 5.97 Å². The van der Waals surface area contributed by atoms with Crippen molar-refractivity contribution in [3.63, 3.8) is 0 Å². The van der Waals surface area contributed by atoms with Gasteiger partial charge in [0.15, 0.2) is 6.61 Å². The van der Waals surface area contributed by atoms with Crippen molar-refractivity contribution < 1.29 is 28.8 Å². The van der Waals surface area contributed by atoms with Crippen LogP contribution >= 0.6 is 46.4 Å². The maximum Gasteiger partial charge on any atom is 0.329 e. The van der Waals surface area contributed by atoms with E-state index >= 15 is 0 Å². The topological polar surface area (TPSA) is 136 Å². The fraction of sp³-hybridized carbons (Fsp3) is 0.304. The fourth-order valence-electron chi connectivity index (χ4n) is 3.72. The number of carbonyl (C=O) groups is 4. The van der Waals surface area contributed by atoms with E-state index < -0.39 is 41.3 Å². The van der Waals surface area contributed by atoms with Crippen LogP contribution in [-0.4, -0.2) is 46.2 Å². The molecular formula is C23H19Cl4N3O7. The molecule has 3 rings (SSSR count). The van der Waals surface area contributed by atoms with E-state index in [1.165, 1.54) is 18.2 Å². The van der Waals surface area contributed by atoms with E-state index in [9.17, 15) is 29.3 Å². The Labute approximate surface area is 230 Å². The van der Waals surface area contributed by atoms with Gasteiger partial charge in [0, 0.05) is 17.3 Å². The predicted molar refractivity (Wildman–Crippen MR) is 138 cm³/mol. The third kappa shape index (κ3) is 5.67. The minimum absolute atomic E-state index is 0.00673. The summed E-state index contributed by atoms with van der Waals surface area (Å²) in [6.45, 7) is 4.27. The van der Waals surface area contributed by atoms with E-state index in [2.05, 4.69) is 5.32 Å². The van der Waals surface area contributed by atoms with Crippen molar-refractivity contribution in [2.75, 3.05) is 11.9 Å². The molecule has 1 N–H and O–H groups in total. The van der Waals surface area contributed by atoms with Crippen LogP contribution in [-0.2, 0) is 14.3 Å². The molecule has 0 saturated heterocycles. The third-order valence-electron chi connectivity index (χ3n) is 5.45. The number of amides is 3. The number of imide groups is 1. The van der Waals surface area contributed by atoms with Crippen molar-refractivity contribution in [3.8, 4) is 0 Å². The van der Waals surface area contributed by atoms with Crippen molar-refractivity contribution in [1.82, 2.24) is 4.90 Å². The van der Waals surface area contributed by atoms with Crippen LogP contribution in [0.3, 0.4) is 0 Å². The molecule has 0 bridgehead atoms. The van der Waals surface area contributed by atoms with E-state index in [4.69, 9.17) is 51.1 Å². The Morgan fingerprint density at radius 3 is 2.05 bits per heavy atom. The molecule has 0 saturated carbocycles. The number of fused-ring (bicyclic) bond motifs is 1. The highest BCUT2D eigenvalue weighted by molar-refractivity contribution is 6.55. The molecule has 0 radical (unpaired) electrons. The highest BCUT2D eigenvalue weighted by Crippen LogP contribution is 2.45. The van der Waals surface area contributed by atoms with E-state index in [0.29, 0.717) is 10.5 Å². The van der Waals surface area contributed by atoms with Crippen LogP contribution in [0.15, 0.2) is 18.2 Å². The van der Waals surface area contributed by atoms with Crippen LogP contribution in [0.2, 0.25) is 20.1 Å². The van der Waals surface area contributed by atoms with Gasteiger partial charge in [-0.05, 0) is 25.3 Å². The lowest BCUT2D eigenvalue weighted by Gasteiger charge is -2.26. The van der Waals surface area contributed by atoms with Crippen LogP contribution in [0.1, 0.15) is 46.5 Å². The van der Waals surface area contributed by atoms with Gasteiger partial charge in [0.2, 0.25) is 0 Å². The van der Waals surface area contributed by atoms with Gasteiger partial charge in [-0.2, -0.15) is 0 Å². The first kappa shape index (κ1) is 28.6. The number of nitro benzene ring substituents is 1. The molecule has 1 atom stereocenters. The van der Waals surface area contributed by atoms with Crippen LogP contribution in [0.5, 0.6) is 0 Å². The third-order valence-corrected chi connectivity index (χ3v) is 7.25. The van der Waals surface area contributed by atoms with Crippen molar-refractivity contribution in [1.29, 1.82) is 0 Å². The maximum absolute atomic E-state index is 13.2. The first-order chi connectivity index (χ1) is 17.3. The summed E-state index contributed by atoms with van der Waals surface area (Å²) < 4.78 is 5.11. The van der Waals surface area contributed by atoms with Crippen molar-refractivity contribution in [2.24, 2.45) is 5.92 Å². The lowest BCUT2D eigenvalue weighted by Crippen LogP contribution is -2.47. The van der Waals surface area contributed by atoms with E-state index in [-0.39, 0.29) is 54.9 Å². The number of nitro groups is 1. The Morgan fingerprint density at radius 2 is 1.57 bits per heavy atom. The average molecular weight is 591 g/mol. The number of benzene rings is 2. The van der Waals surface area contributed by atoms with E-state index in [1.54, 1.807) is 20.8 Å². The number of anilines is 1. The summed E-state index contributed by atoms with van der Waals surface area (Å²) in [5, 5.41) is 12.5. The Kier molecular flexibility index (Phi) is 8.69. The molecule has 14 heteroatoms. The molecule has 1 heterocycles. The molecule has 2 aromatic rings. The van der Waals surface area contributed by atoms with Crippen LogP contribution in [0.25, 0.3) is 0 Å². The van der Waals surface area contributed by atoms with Gasteiger partial charge in [-0.25, -0.2) is 4.79 Å². The Morgan fingerprint density at radius 1 is 1.03 bits per heavy atom. The second kappa shape index (κ2) is 11.2. The number of hydrogen-bond acceptors (Lipinski definition) is 7. The first-order valence-electron chi connectivity index (χ1n) is 10.7. The van der Waals surface area contributed by atoms with Crippen molar-refractivity contribution in [2.45, 2.75) is 33.2 Å². The number of halogens is 4. The molecule has 0 aliphatic carbocycles. The zero-order chi connectivity index (χ0) is 27.8. The highest BCUT2D eigenvalue weighted by atomic mass is 35.5. The van der Waals surface area contributed by atoms with Crippen molar-refractivity contribution in [3.05, 3.63) is 65.1 Å². The summed E-state index contributed by atoms with van der Waals surface area (Å²) in [5.74, 6) is -3.82. The number of carbonyl (C=O) groups excluding carboxylic acids is 4. The molecule has 1 aliphatic heterocycles. The normalized spacial score (nSPS) is 13.6. The van der Waals surface area contributed by atoms with Gasteiger partial charge in [0.05, 0.1) is 36.1 Å². The maximum atomic E-state index is 13.2. The zero-order valence-electron chi connectivity index (χ0n) is 19.6. The van der Waals surface area contributed by atoms with Gasteiger partial charge in [-0.3, -0.25) is 29.4 Å². The zero-order valence-corrected chi connectivity index (χ0v) is 22.6. The molecule has 196 valence electrons. The number of rotatable bonds is 8. The van der Waals surface area contributed by atoms with E-state index in [0.717, 1.165) is 0 Å². The number of nitrogens with one attached hydrogen (secondary N) is 1. The second-order valence-electron chi connectivity index (χ2n) is 8.55. The smallest absolute Gasteiger partial charge is 0.329 e. The van der Waals surface area contributed by atoms with Crippen molar-refractivity contribution >= 4 is 81.5 Å². The Bertz CT molecular complexity index is 1300. The van der Waals surface area contributed by atoms with Gasteiger partial charge < -0.3 is 10.1 Å². The minimum atomic E-state index is -1.41. The van der Waals surface area contributed by atoms with E-state index in [1.807, 2.05) is 0 Å². The largest absolute Gasteiger partial charge is 0.454 e. The van der Waals surface area contributed by atoms with Gasteiger partial charge in [-0.15, -0.1) is 0 Å². The number of aryl methyl sites for hydroxylation is 1. The second-order valence-corrected chi connectivity index (χ2v) is 10.1. The number of nitrogens with zero attached hydrogens (tertiary/aromatic N) is 2. The summed E-state index contributed by atoms with van der Waals surface area (Å²) in [6.07, 6.45) is 0.00673. The molecule has 0 unspecified atom stereocenters. The molecule has 2 aromatic carbocycles. The number of ether oxygens (including phenoxy) is 1. The predicted octanol–water partition coefficient (Wildman–Crippen LogP) is 5.71. The fourth-order valence-corrected chi connectivity index (χ4v) is 4.73. The molecule has 10 nitrogen and oxygen atoms in total. The summed E-state index contributed by atoms with van der Waals surface area (Å²) in [7, 11) is 0. The quantitative estimate of drug-likeness (QED) is 0.104. The number of esters is 1. The SMILES string of the molecule is Cc1ccc(NC(=O)COC(=O)[C@@H](CC(C)C)N2C(=O)c3c(Cl)c(Cl)c(Cl)c(Cl)c3C2=O)cc1[N+](=O)[O-]. The average Bonchev–Trinajstić information content (AvgIpc) is 3.09. The minimum Gasteiger partial charge on any atom is -0.454 e. The lowest BCUT2D eigenvalue weighted by atomic mass is 10.0. The first-order valence-corrected chi connectivity index (χ1v) is 12.2. The van der Waals surface area contributed by atoms with Crippen LogP contribution < -0.4 is 5.32 Å². The molecule has 0 aromatic heterocycles. The number of hydrogen-bond donors (Lipinski definition) is 1. The Hall–Kier alpha value is -2.92. The molecule has 0 fully saturated rings. The summed E-state index contributed by atoms with van der Waals surface area (Å²) in [5.41, 5.74) is -0.252. The highest BCUT2D eigenvalue weighted by Gasteiger charge is 2.47. The van der Waals surface area contributed by atoms with Gasteiger partial charge in [0.25, 0.3) is 23.4 Å². The molecular weight excluding hydrogens is 572 g/mol. The monoisotopic (exact) mass is 589 g/mol.